The summed E-state index contributed by atoms with van der Waals surface area (Å²) < 4.78 is 0. The largest absolute Gasteiger partial charge is 0.159 e. The van der Waals surface area contributed by atoms with Crippen molar-refractivity contribution in [1.29, 1.82) is 0 Å². The van der Waals surface area contributed by atoms with Crippen LogP contribution < -0.4 is 0 Å². The minimum absolute atomic E-state index is 0.0298. The third-order valence-electron chi connectivity index (χ3n) is 0.973. The van der Waals surface area contributed by atoms with E-state index in [2.05, 4.69) is 30.2 Å². The molecule has 0 aliphatic heterocycles. The van der Waals surface area contributed by atoms with E-state index in [0.717, 1.165) is 0 Å². The molecule has 0 aliphatic rings. The Hall–Kier alpha value is -2.30. The quantitative estimate of drug-likeness (QED) is 0.376. The second-order valence-corrected chi connectivity index (χ2v) is 1.62. The maximum Gasteiger partial charge on any atom is 0.158 e. The molecule has 1 aromatic rings. The number of aromatic nitrogens is 2. The van der Waals surface area contributed by atoms with E-state index in [0.29, 0.717) is 0 Å². The van der Waals surface area contributed by atoms with Gasteiger partial charge in [-0.1, -0.05) is 5.11 Å². The van der Waals surface area contributed by atoms with Gasteiger partial charge in [-0.15, -0.1) is 5.10 Å². The lowest BCUT2D eigenvalue weighted by atomic mass is 10.4. The van der Waals surface area contributed by atoms with Crippen LogP contribution in [0.2, 0.25) is 0 Å². The average molecular weight is 162 g/mol. The molecule has 0 unspecified atom stereocenters. The van der Waals surface area contributed by atoms with E-state index in [4.69, 9.17) is 11.1 Å². The van der Waals surface area contributed by atoms with Crippen molar-refractivity contribution >= 4 is 11.5 Å². The summed E-state index contributed by atoms with van der Waals surface area (Å²) in [5.41, 5.74) is 16.3. The van der Waals surface area contributed by atoms with Crippen LogP contribution in [0, 0.1) is 0 Å². The van der Waals surface area contributed by atoms with Crippen molar-refractivity contribution < 1.29 is 0 Å². The Balaban J connectivity index is 3.25. The fourth-order valence-corrected chi connectivity index (χ4v) is 0.558. The summed E-state index contributed by atoms with van der Waals surface area (Å²) in [7, 11) is 0. The second kappa shape index (κ2) is 3.77. The first-order chi connectivity index (χ1) is 5.88. The van der Waals surface area contributed by atoms with E-state index in [-0.39, 0.29) is 11.5 Å². The van der Waals surface area contributed by atoms with E-state index in [1.54, 1.807) is 0 Å². The number of hydrogen-bond donors (Lipinski definition) is 0. The summed E-state index contributed by atoms with van der Waals surface area (Å²) in [6.45, 7) is 0. The Kier molecular flexibility index (Phi) is 2.45. The van der Waals surface area contributed by atoms with E-state index in [9.17, 15) is 0 Å². The van der Waals surface area contributed by atoms with Gasteiger partial charge in [0, 0.05) is 9.82 Å². The van der Waals surface area contributed by atoms with Crippen LogP contribution in [0.1, 0.15) is 0 Å². The van der Waals surface area contributed by atoms with Crippen molar-refractivity contribution in [3.63, 3.8) is 0 Å². The highest BCUT2D eigenvalue weighted by Crippen LogP contribution is 2.23. The zero-order chi connectivity index (χ0) is 8.81. The normalized spacial score (nSPS) is 8.00. The Labute approximate surface area is 66.1 Å². The molecule has 58 valence electrons. The van der Waals surface area contributed by atoms with Gasteiger partial charge in [-0.25, -0.2) is 0 Å². The summed E-state index contributed by atoms with van der Waals surface area (Å²) in [4.78, 5) is 5.01. The van der Waals surface area contributed by atoms with Crippen molar-refractivity contribution in [2.24, 2.45) is 10.2 Å². The Bertz CT molecular complexity index is 333. The first kappa shape index (κ1) is 7.80. The number of rotatable bonds is 2. The molecule has 0 spiro atoms. The van der Waals surface area contributed by atoms with Crippen LogP contribution in [0.25, 0.3) is 20.9 Å². The molecule has 0 fully saturated rings. The molecule has 12 heavy (non-hydrogen) atoms. The van der Waals surface area contributed by atoms with E-state index in [1.165, 1.54) is 12.3 Å². The first-order valence-electron chi connectivity index (χ1n) is 2.80. The molecule has 0 aromatic carbocycles. The highest BCUT2D eigenvalue weighted by molar-refractivity contribution is 5.54. The van der Waals surface area contributed by atoms with Gasteiger partial charge in [0.25, 0.3) is 0 Å². The van der Waals surface area contributed by atoms with Gasteiger partial charge in [0.15, 0.2) is 5.82 Å². The maximum absolute atomic E-state index is 8.09. The van der Waals surface area contributed by atoms with Gasteiger partial charge in [-0.05, 0) is 22.2 Å². The standard InChI is InChI=1S/C4H2N8/c5-11-8-3-1-2-7-9-4(3)10-12-6/h1-2H. The molecule has 1 aromatic heterocycles. The van der Waals surface area contributed by atoms with Crippen LogP contribution in [-0.2, 0) is 0 Å². The molecule has 0 N–H and O–H groups in total. The minimum atomic E-state index is -0.0298. The van der Waals surface area contributed by atoms with Crippen LogP contribution in [-0.4, -0.2) is 10.2 Å². The molecule has 0 amide bonds. The van der Waals surface area contributed by atoms with Gasteiger partial charge in [0.2, 0.25) is 0 Å². The van der Waals surface area contributed by atoms with E-state index < -0.39 is 0 Å². The third-order valence-corrected chi connectivity index (χ3v) is 0.973. The van der Waals surface area contributed by atoms with Crippen LogP contribution in [0.4, 0.5) is 11.5 Å². The molecule has 0 aliphatic carbocycles. The molecule has 0 saturated heterocycles. The van der Waals surface area contributed by atoms with Gasteiger partial charge >= 0.3 is 0 Å². The zero-order valence-electron chi connectivity index (χ0n) is 5.73. The molecule has 0 saturated carbocycles. The summed E-state index contributed by atoms with van der Waals surface area (Å²) in [5, 5.41) is 13.3. The minimum Gasteiger partial charge on any atom is -0.159 e. The molecule has 8 nitrogen and oxygen atoms in total. The molecule has 1 heterocycles. The highest BCUT2D eigenvalue weighted by atomic mass is 15.3. The smallest absolute Gasteiger partial charge is 0.158 e. The molecular formula is C4H2N8. The molecule has 0 radical (unpaired) electrons. The fraction of sp³-hybridized carbons (Fsp3) is 0. The summed E-state index contributed by atoms with van der Waals surface area (Å²) in [6, 6.07) is 1.40. The lowest BCUT2D eigenvalue weighted by molar-refractivity contribution is 1.02. The topological polar surface area (TPSA) is 123 Å². The van der Waals surface area contributed by atoms with Crippen molar-refractivity contribution in [1.82, 2.24) is 10.2 Å². The molecule has 0 bridgehead atoms. The molecule has 0 atom stereocenters. The summed E-state index contributed by atoms with van der Waals surface area (Å²) in [5.74, 6) is -0.0298. The van der Waals surface area contributed by atoms with E-state index in [1.807, 2.05) is 0 Å². The Morgan fingerprint density at radius 2 is 2.00 bits per heavy atom. The van der Waals surface area contributed by atoms with Crippen LogP contribution in [0.15, 0.2) is 22.5 Å². The first-order valence-corrected chi connectivity index (χ1v) is 2.80. The lowest BCUT2D eigenvalue weighted by Gasteiger charge is -1.91. The zero-order valence-corrected chi connectivity index (χ0v) is 5.73. The summed E-state index contributed by atoms with van der Waals surface area (Å²) >= 11 is 0. The van der Waals surface area contributed by atoms with Gasteiger partial charge in [-0.2, -0.15) is 5.10 Å². The van der Waals surface area contributed by atoms with Crippen LogP contribution >= 0.6 is 0 Å². The molecule has 8 heteroatoms. The van der Waals surface area contributed by atoms with Gasteiger partial charge in [-0.3, -0.25) is 0 Å². The molecular weight excluding hydrogens is 160 g/mol. The van der Waals surface area contributed by atoms with Gasteiger partial charge in [0.1, 0.15) is 0 Å². The van der Waals surface area contributed by atoms with Crippen molar-refractivity contribution in [2.45, 2.75) is 0 Å². The highest BCUT2D eigenvalue weighted by Gasteiger charge is 1.97. The number of nitrogens with zero attached hydrogens (tertiary/aromatic N) is 8. The molecule has 1 rings (SSSR count). The van der Waals surface area contributed by atoms with Crippen LogP contribution in [0.3, 0.4) is 0 Å². The SMILES string of the molecule is [N-]=[N+]=Nc1ccnnc1N=[N+]=[N-]. The lowest BCUT2D eigenvalue weighted by Crippen LogP contribution is -1.77. The fourth-order valence-electron chi connectivity index (χ4n) is 0.558. The Morgan fingerprint density at radius 3 is 2.67 bits per heavy atom. The summed E-state index contributed by atoms with van der Waals surface area (Å²) in [6.07, 6.45) is 1.33. The van der Waals surface area contributed by atoms with Crippen molar-refractivity contribution in [3.05, 3.63) is 33.1 Å². The monoisotopic (exact) mass is 162 g/mol. The number of hydrogen-bond acceptors (Lipinski definition) is 4. The van der Waals surface area contributed by atoms with Gasteiger partial charge in [0.05, 0.1) is 11.9 Å². The van der Waals surface area contributed by atoms with Crippen molar-refractivity contribution in [2.75, 3.05) is 0 Å². The predicted molar refractivity (Wildman–Crippen MR) is 39.6 cm³/mol. The van der Waals surface area contributed by atoms with Gasteiger partial charge < -0.3 is 0 Å². The second-order valence-electron chi connectivity index (χ2n) is 1.62. The Morgan fingerprint density at radius 1 is 1.25 bits per heavy atom. The third kappa shape index (κ3) is 1.60. The van der Waals surface area contributed by atoms with Crippen LogP contribution in [0.5, 0.6) is 0 Å². The van der Waals surface area contributed by atoms with Crippen molar-refractivity contribution in [3.8, 4) is 0 Å². The number of azide groups is 2. The average Bonchev–Trinajstić information content (AvgIpc) is 2.09. The van der Waals surface area contributed by atoms with E-state index >= 15 is 0 Å². The maximum atomic E-state index is 8.09. The predicted octanol–water partition coefficient (Wildman–Crippen LogP) is 2.36.